The van der Waals surface area contributed by atoms with Crippen molar-refractivity contribution in [2.45, 2.75) is 26.2 Å². The van der Waals surface area contributed by atoms with Crippen LogP contribution in [0.15, 0.2) is 71.5 Å². The lowest BCUT2D eigenvalue weighted by Crippen LogP contribution is -2.41. The number of rotatable bonds is 3. The van der Waals surface area contributed by atoms with Crippen molar-refractivity contribution in [2.75, 3.05) is 18.1 Å². The Morgan fingerprint density at radius 3 is 1.96 bits per heavy atom. The summed E-state index contributed by atoms with van der Waals surface area (Å²) < 4.78 is 2.29. The van der Waals surface area contributed by atoms with Crippen LogP contribution in [-0.2, 0) is 0 Å². The van der Waals surface area contributed by atoms with Crippen LogP contribution in [0.1, 0.15) is 24.8 Å². The van der Waals surface area contributed by atoms with Crippen LogP contribution in [0.2, 0.25) is 0 Å². The van der Waals surface area contributed by atoms with Gasteiger partial charge in [0.15, 0.2) is 5.43 Å². The predicted molar refractivity (Wildman–Crippen MR) is 108 cm³/mol. The number of pyridine rings is 1. The van der Waals surface area contributed by atoms with Crippen molar-refractivity contribution in [3.8, 4) is 22.5 Å². The molecule has 1 aliphatic rings. The molecule has 0 saturated carbocycles. The van der Waals surface area contributed by atoms with Crippen molar-refractivity contribution in [3.63, 3.8) is 0 Å². The summed E-state index contributed by atoms with van der Waals surface area (Å²) in [7, 11) is 0. The van der Waals surface area contributed by atoms with Crippen molar-refractivity contribution >= 4 is 0 Å². The smallest absolute Gasteiger partial charge is 0.185 e. The predicted octanol–water partition coefficient (Wildman–Crippen LogP) is 4.61. The third-order valence-electron chi connectivity index (χ3n) is 5.16. The molecule has 0 unspecified atom stereocenters. The third kappa shape index (κ3) is 3.05. The van der Waals surface area contributed by atoms with Gasteiger partial charge in [-0.25, -0.2) is 0 Å². The highest BCUT2D eigenvalue weighted by atomic mass is 16.1. The van der Waals surface area contributed by atoms with Gasteiger partial charge in [0, 0.05) is 35.8 Å². The standard InChI is InChI=1S/C23H24N2O/c1-18-22(26)17-21(19-11-5-2-6-12-19)25(24-15-9-4-10-16-24)23(18)20-13-7-3-8-14-20/h2-3,5-8,11-14,17H,4,9-10,15-16H2,1H3. The second-order valence-electron chi connectivity index (χ2n) is 6.93. The summed E-state index contributed by atoms with van der Waals surface area (Å²) in [5, 5.41) is 2.40. The lowest BCUT2D eigenvalue weighted by molar-refractivity contribution is 0.482. The number of aromatic nitrogens is 1. The fraction of sp³-hybridized carbons (Fsp3) is 0.261. The van der Waals surface area contributed by atoms with E-state index in [9.17, 15) is 4.79 Å². The SMILES string of the molecule is Cc1c(-c2ccccc2)n(N2CCCCC2)c(-c2ccccc2)cc1=O. The molecule has 0 atom stereocenters. The highest BCUT2D eigenvalue weighted by Gasteiger charge is 2.21. The van der Waals surface area contributed by atoms with Gasteiger partial charge in [-0.05, 0) is 26.2 Å². The van der Waals surface area contributed by atoms with E-state index < -0.39 is 0 Å². The molecule has 1 saturated heterocycles. The summed E-state index contributed by atoms with van der Waals surface area (Å²) in [4.78, 5) is 12.8. The molecule has 4 rings (SSSR count). The summed E-state index contributed by atoms with van der Waals surface area (Å²) in [5.74, 6) is 0. The molecule has 132 valence electrons. The fourth-order valence-electron chi connectivity index (χ4n) is 3.81. The van der Waals surface area contributed by atoms with E-state index in [0.717, 1.165) is 41.2 Å². The average molecular weight is 344 g/mol. The van der Waals surface area contributed by atoms with Gasteiger partial charge in [0.1, 0.15) is 0 Å². The summed E-state index contributed by atoms with van der Waals surface area (Å²) in [6.07, 6.45) is 3.65. The Labute approximate surface area is 154 Å². The Morgan fingerprint density at radius 1 is 0.769 bits per heavy atom. The second kappa shape index (κ2) is 7.20. The van der Waals surface area contributed by atoms with E-state index in [2.05, 4.69) is 34.0 Å². The number of hydrogen-bond acceptors (Lipinski definition) is 2. The van der Waals surface area contributed by atoms with Gasteiger partial charge >= 0.3 is 0 Å². The van der Waals surface area contributed by atoms with Crippen LogP contribution in [-0.4, -0.2) is 17.8 Å². The maximum Gasteiger partial charge on any atom is 0.185 e. The van der Waals surface area contributed by atoms with Crippen molar-refractivity contribution in [1.29, 1.82) is 0 Å². The van der Waals surface area contributed by atoms with E-state index in [1.54, 1.807) is 6.07 Å². The Bertz CT molecular complexity index is 939. The molecule has 1 aliphatic heterocycles. The number of piperidine rings is 1. The van der Waals surface area contributed by atoms with E-state index >= 15 is 0 Å². The molecule has 0 bridgehead atoms. The Hall–Kier alpha value is -2.81. The molecule has 0 N–H and O–H groups in total. The largest absolute Gasteiger partial charge is 0.312 e. The van der Waals surface area contributed by atoms with Crippen molar-refractivity contribution in [1.82, 2.24) is 4.68 Å². The Kier molecular flexibility index (Phi) is 4.61. The minimum Gasteiger partial charge on any atom is -0.312 e. The lowest BCUT2D eigenvalue weighted by Gasteiger charge is -2.36. The van der Waals surface area contributed by atoms with E-state index in [-0.39, 0.29) is 5.43 Å². The molecule has 0 spiro atoms. The first kappa shape index (κ1) is 16.6. The number of benzene rings is 2. The highest BCUT2D eigenvalue weighted by Crippen LogP contribution is 2.29. The zero-order valence-electron chi connectivity index (χ0n) is 15.2. The molecule has 0 amide bonds. The van der Waals surface area contributed by atoms with Crippen LogP contribution in [0.3, 0.4) is 0 Å². The lowest BCUT2D eigenvalue weighted by atomic mass is 10.0. The first-order valence-corrected chi connectivity index (χ1v) is 9.38. The number of nitrogens with zero attached hydrogens (tertiary/aromatic N) is 2. The minimum absolute atomic E-state index is 0.0935. The van der Waals surface area contributed by atoms with Crippen LogP contribution in [0.5, 0.6) is 0 Å². The molecule has 26 heavy (non-hydrogen) atoms. The molecule has 1 aromatic heterocycles. The molecule has 3 heteroatoms. The summed E-state index contributed by atoms with van der Waals surface area (Å²) in [5.41, 5.74) is 5.05. The second-order valence-corrected chi connectivity index (χ2v) is 6.93. The van der Waals surface area contributed by atoms with Gasteiger partial charge in [-0.2, -0.15) is 0 Å². The van der Waals surface area contributed by atoms with E-state index in [0.29, 0.717) is 0 Å². The third-order valence-corrected chi connectivity index (χ3v) is 5.16. The van der Waals surface area contributed by atoms with Crippen LogP contribution in [0, 0.1) is 6.92 Å². The molecule has 2 aromatic carbocycles. The molecule has 3 nitrogen and oxygen atoms in total. The van der Waals surface area contributed by atoms with Crippen LogP contribution in [0.25, 0.3) is 22.5 Å². The first-order valence-electron chi connectivity index (χ1n) is 9.38. The summed E-state index contributed by atoms with van der Waals surface area (Å²) >= 11 is 0. The van der Waals surface area contributed by atoms with Gasteiger partial charge in [-0.1, -0.05) is 60.7 Å². The monoisotopic (exact) mass is 344 g/mol. The van der Waals surface area contributed by atoms with Crippen molar-refractivity contribution in [3.05, 3.63) is 82.5 Å². The fourth-order valence-corrected chi connectivity index (χ4v) is 3.81. The van der Waals surface area contributed by atoms with Crippen LogP contribution in [0.4, 0.5) is 0 Å². The first-order chi connectivity index (χ1) is 12.8. The highest BCUT2D eigenvalue weighted by molar-refractivity contribution is 5.70. The van der Waals surface area contributed by atoms with Gasteiger partial charge in [0.2, 0.25) is 0 Å². The van der Waals surface area contributed by atoms with E-state index in [1.807, 2.05) is 43.3 Å². The topological polar surface area (TPSA) is 25.2 Å². The van der Waals surface area contributed by atoms with Gasteiger partial charge < -0.3 is 5.01 Å². The Balaban J connectivity index is 2.03. The molecule has 0 aliphatic carbocycles. The van der Waals surface area contributed by atoms with Crippen LogP contribution < -0.4 is 10.4 Å². The van der Waals surface area contributed by atoms with E-state index in [4.69, 9.17) is 0 Å². The van der Waals surface area contributed by atoms with Gasteiger partial charge in [0.25, 0.3) is 0 Å². The Morgan fingerprint density at radius 2 is 1.35 bits per heavy atom. The van der Waals surface area contributed by atoms with E-state index in [1.165, 1.54) is 19.3 Å². The normalized spacial score (nSPS) is 14.4. The molecule has 3 aromatic rings. The molecule has 1 fully saturated rings. The van der Waals surface area contributed by atoms with Gasteiger partial charge in [-0.15, -0.1) is 0 Å². The summed E-state index contributed by atoms with van der Waals surface area (Å²) in [6.45, 7) is 3.98. The zero-order valence-corrected chi connectivity index (χ0v) is 15.2. The van der Waals surface area contributed by atoms with Gasteiger partial charge in [0.05, 0.1) is 11.4 Å². The van der Waals surface area contributed by atoms with Crippen LogP contribution >= 0.6 is 0 Å². The molecule has 0 radical (unpaired) electrons. The molecular weight excluding hydrogens is 320 g/mol. The number of hydrogen-bond donors (Lipinski definition) is 0. The maximum atomic E-state index is 12.8. The maximum absolute atomic E-state index is 12.8. The van der Waals surface area contributed by atoms with Crippen molar-refractivity contribution < 1.29 is 0 Å². The molecular formula is C23H24N2O. The van der Waals surface area contributed by atoms with Gasteiger partial charge in [-0.3, -0.25) is 9.47 Å². The van der Waals surface area contributed by atoms with Crippen molar-refractivity contribution in [2.24, 2.45) is 0 Å². The minimum atomic E-state index is 0.0935. The zero-order chi connectivity index (χ0) is 17.9. The summed E-state index contributed by atoms with van der Waals surface area (Å²) in [6, 6.07) is 22.3. The quantitative estimate of drug-likeness (QED) is 0.693. The average Bonchev–Trinajstić information content (AvgIpc) is 2.71. The molecule has 2 heterocycles.